The standard InChI is InChI=1S/C38H36N8O5/c1-2-25-16-31-32(41-35(25)48)15-24(18-40-31)20-43-11-13-44(14-12-43)28-6-5-26(39-19-28)4-3-23-21-45(22-23)27-7-8-29-30(17-27)38(51)46(37(29)50)33-9-10-34(47)42-36(33)49/h5-8,15-19,23,33H,2,9-14,20-22H2,1H3,(H,41,48)(H,42,47,49). The van der Waals surface area contributed by atoms with Gasteiger partial charge >= 0.3 is 0 Å². The summed E-state index contributed by atoms with van der Waals surface area (Å²) in [5, 5.41) is 2.22. The predicted octanol–water partition coefficient (Wildman–Crippen LogP) is 2.09. The number of carbonyl (C=O) groups excluding carboxylic acids is 4. The monoisotopic (exact) mass is 684 g/mol. The second-order valence-corrected chi connectivity index (χ2v) is 13.5. The number of anilines is 2. The summed E-state index contributed by atoms with van der Waals surface area (Å²) >= 11 is 0. The molecule has 0 radical (unpaired) electrons. The van der Waals surface area contributed by atoms with Crippen LogP contribution >= 0.6 is 0 Å². The van der Waals surface area contributed by atoms with Crippen LogP contribution in [0.5, 0.6) is 0 Å². The Balaban J connectivity index is 0.825. The largest absolute Gasteiger partial charge is 0.369 e. The van der Waals surface area contributed by atoms with E-state index < -0.39 is 29.7 Å². The molecule has 13 nitrogen and oxygen atoms in total. The molecule has 7 heterocycles. The topological polar surface area (TPSA) is 152 Å². The van der Waals surface area contributed by atoms with Gasteiger partial charge in [-0.25, -0.2) is 4.98 Å². The number of pyridine rings is 3. The van der Waals surface area contributed by atoms with E-state index in [1.54, 1.807) is 12.1 Å². The quantitative estimate of drug-likeness (QED) is 0.228. The number of nitrogens with one attached hydrogen (secondary N) is 2. The van der Waals surface area contributed by atoms with Crippen molar-refractivity contribution in [3.63, 3.8) is 0 Å². The molecule has 2 N–H and O–H groups in total. The van der Waals surface area contributed by atoms with Crippen LogP contribution in [-0.4, -0.2) is 93.7 Å². The lowest BCUT2D eigenvalue weighted by molar-refractivity contribution is -0.136. The van der Waals surface area contributed by atoms with Crippen molar-refractivity contribution in [1.29, 1.82) is 0 Å². The summed E-state index contributed by atoms with van der Waals surface area (Å²) in [4.78, 5) is 82.3. The zero-order chi connectivity index (χ0) is 35.2. The van der Waals surface area contributed by atoms with E-state index in [0.717, 1.165) is 71.2 Å². The van der Waals surface area contributed by atoms with Gasteiger partial charge in [0, 0.05) is 69.7 Å². The smallest absolute Gasteiger partial charge is 0.262 e. The Morgan fingerprint density at radius 3 is 2.37 bits per heavy atom. The first kappa shape index (κ1) is 32.3. The van der Waals surface area contributed by atoms with Crippen molar-refractivity contribution in [1.82, 2.24) is 30.1 Å². The molecule has 4 aliphatic heterocycles. The molecule has 258 valence electrons. The number of aromatic nitrogens is 3. The number of piperidine rings is 1. The third kappa shape index (κ3) is 6.23. The summed E-state index contributed by atoms with van der Waals surface area (Å²) in [7, 11) is 0. The van der Waals surface area contributed by atoms with Gasteiger partial charge in [-0.05, 0) is 66.8 Å². The van der Waals surface area contributed by atoms with Crippen molar-refractivity contribution < 1.29 is 19.2 Å². The van der Waals surface area contributed by atoms with Crippen LogP contribution < -0.4 is 20.7 Å². The zero-order valence-corrected chi connectivity index (χ0v) is 28.1. The Bertz CT molecular complexity index is 2210. The summed E-state index contributed by atoms with van der Waals surface area (Å²) < 4.78 is 0. The molecule has 4 amide bonds. The summed E-state index contributed by atoms with van der Waals surface area (Å²) in [6.07, 6.45) is 4.66. The third-order valence-corrected chi connectivity index (χ3v) is 10.2. The van der Waals surface area contributed by atoms with Gasteiger partial charge in [-0.1, -0.05) is 12.8 Å². The number of nitrogens with zero attached hydrogens (tertiary/aromatic N) is 6. The maximum absolute atomic E-state index is 13.2. The molecule has 0 saturated carbocycles. The number of hydrogen-bond donors (Lipinski definition) is 2. The van der Waals surface area contributed by atoms with Crippen molar-refractivity contribution in [3.05, 3.63) is 93.2 Å². The number of piperazine rings is 1. The van der Waals surface area contributed by atoms with Gasteiger partial charge in [-0.3, -0.25) is 44.1 Å². The molecule has 1 unspecified atom stereocenters. The van der Waals surface area contributed by atoms with Gasteiger partial charge in [0.05, 0.1) is 40.0 Å². The maximum Gasteiger partial charge on any atom is 0.262 e. The zero-order valence-electron chi connectivity index (χ0n) is 28.1. The summed E-state index contributed by atoms with van der Waals surface area (Å²) in [6.45, 7) is 7.64. The van der Waals surface area contributed by atoms with Crippen LogP contribution in [0.25, 0.3) is 11.0 Å². The van der Waals surface area contributed by atoms with Gasteiger partial charge in [0.25, 0.3) is 17.4 Å². The number of aromatic amines is 1. The number of hydrogen-bond acceptors (Lipinski definition) is 10. The average Bonchev–Trinajstić information content (AvgIpc) is 3.36. The normalized spacial score (nSPS) is 19.5. The fourth-order valence-electron chi connectivity index (χ4n) is 7.20. The Labute approximate surface area is 293 Å². The molecule has 4 aliphatic rings. The molecular formula is C38H36N8O5. The molecule has 0 aliphatic carbocycles. The molecule has 0 spiro atoms. The molecule has 0 bridgehead atoms. The molecule has 51 heavy (non-hydrogen) atoms. The number of benzene rings is 1. The number of carbonyl (C=O) groups is 4. The van der Waals surface area contributed by atoms with E-state index in [1.807, 2.05) is 43.6 Å². The van der Waals surface area contributed by atoms with Gasteiger partial charge in [-0.15, -0.1) is 0 Å². The van der Waals surface area contributed by atoms with E-state index in [-0.39, 0.29) is 35.4 Å². The highest BCUT2D eigenvalue weighted by molar-refractivity contribution is 6.23. The highest BCUT2D eigenvalue weighted by atomic mass is 16.2. The number of amides is 4. The minimum atomic E-state index is -0.982. The van der Waals surface area contributed by atoms with Crippen molar-refractivity contribution >= 4 is 46.0 Å². The minimum Gasteiger partial charge on any atom is -0.369 e. The number of H-pyrrole nitrogens is 1. The maximum atomic E-state index is 13.2. The lowest BCUT2D eigenvalue weighted by atomic mass is 9.98. The number of rotatable bonds is 6. The highest BCUT2D eigenvalue weighted by Crippen LogP contribution is 2.33. The summed E-state index contributed by atoms with van der Waals surface area (Å²) in [5.41, 5.74) is 6.48. The van der Waals surface area contributed by atoms with E-state index in [9.17, 15) is 24.0 Å². The first-order valence-corrected chi connectivity index (χ1v) is 17.3. The van der Waals surface area contributed by atoms with Crippen LogP contribution in [0.1, 0.15) is 57.3 Å². The predicted molar refractivity (Wildman–Crippen MR) is 189 cm³/mol. The van der Waals surface area contributed by atoms with Crippen molar-refractivity contribution in [2.75, 3.05) is 49.1 Å². The molecule has 13 heteroatoms. The second-order valence-electron chi connectivity index (χ2n) is 13.5. The van der Waals surface area contributed by atoms with Crippen molar-refractivity contribution in [2.45, 2.75) is 38.8 Å². The van der Waals surface area contributed by atoms with Crippen molar-refractivity contribution in [3.8, 4) is 11.8 Å². The van der Waals surface area contributed by atoms with Crippen LogP contribution in [0, 0.1) is 17.8 Å². The van der Waals surface area contributed by atoms with Crippen molar-refractivity contribution in [2.24, 2.45) is 5.92 Å². The fourth-order valence-corrected chi connectivity index (χ4v) is 7.20. The minimum absolute atomic E-state index is 0.0485. The molecule has 3 aromatic heterocycles. The Morgan fingerprint density at radius 2 is 1.63 bits per heavy atom. The first-order chi connectivity index (χ1) is 24.7. The van der Waals surface area contributed by atoms with E-state index in [4.69, 9.17) is 0 Å². The van der Waals surface area contributed by atoms with E-state index in [0.29, 0.717) is 25.2 Å². The van der Waals surface area contributed by atoms with Crippen LogP contribution in [0.3, 0.4) is 0 Å². The Morgan fingerprint density at radius 1 is 0.843 bits per heavy atom. The lowest BCUT2D eigenvalue weighted by Crippen LogP contribution is -2.54. The van der Waals surface area contributed by atoms with Gasteiger partial charge in [0.15, 0.2) is 0 Å². The highest BCUT2D eigenvalue weighted by Gasteiger charge is 2.45. The van der Waals surface area contributed by atoms with Gasteiger partial charge in [0.1, 0.15) is 11.7 Å². The summed E-state index contributed by atoms with van der Waals surface area (Å²) in [5.74, 6) is 4.60. The molecule has 1 atom stereocenters. The molecule has 4 aromatic rings. The van der Waals surface area contributed by atoms with E-state index in [1.165, 1.54) is 0 Å². The number of aryl methyl sites for hydroxylation is 1. The average molecular weight is 685 g/mol. The Kier molecular flexibility index (Phi) is 8.31. The van der Waals surface area contributed by atoms with E-state index in [2.05, 4.69) is 52.9 Å². The molecule has 1 aromatic carbocycles. The van der Waals surface area contributed by atoms with E-state index >= 15 is 0 Å². The van der Waals surface area contributed by atoms with Crippen LogP contribution in [0.4, 0.5) is 11.4 Å². The van der Waals surface area contributed by atoms with Crippen LogP contribution in [-0.2, 0) is 22.6 Å². The van der Waals surface area contributed by atoms with Gasteiger partial charge < -0.3 is 14.8 Å². The molecule has 3 fully saturated rings. The molecule has 8 rings (SSSR count). The number of imide groups is 2. The third-order valence-electron chi connectivity index (χ3n) is 10.2. The molecular weight excluding hydrogens is 648 g/mol. The summed E-state index contributed by atoms with van der Waals surface area (Å²) in [6, 6.07) is 12.1. The Hall–Kier alpha value is -5.87. The fraction of sp³-hybridized carbons (Fsp3) is 0.342. The first-order valence-electron chi connectivity index (χ1n) is 17.3. The lowest BCUT2D eigenvalue weighted by Gasteiger charge is -2.38. The SMILES string of the molecule is CCc1cc2ncc(CN3CCN(c4ccc(C#CC5CN(c6ccc7c(c6)C(=O)N(C6CCC(=O)NC6=O)C7=O)C5)nc4)CC3)cc2[nH]c1=O. The molecule has 3 saturated heterocycles. The second kappa shape index (κ2) is 13.1. The van der Waals surface area contributed by atoms with Gasteiger partial charge in [-0.2, -0.15) is 0 Å². The van der Waals surface area contributed by atoms with Crippen LogP contribution in [0.15, 0.2) is 59.7 Å². The van der Waals surface area contributed by atoms with Gasteiger partial charge in [0.2, 0.25) is 11.8 Å². The van der Waals surface area contributed by atoms with Crippen LogP contribution in [0.2, 0.25) is 0 Å². The number of fused-ring (bicyclic) bond motifs is 2.